The van der Waals surface area contributed by atoms with Gasteiger partial charge in [0.25, 0.3) is 11.8 Å². The molecule has 1 saturated heterocycles. The number of ether oxygens (including phenoxy) is 3. The van der Waals surface area contributed by atoms with E-state index < -0.39 is 0 Å². The van der Waals surface area contributed by atoms with Gasteiger partial charge in [-0.15, -0.1) is 0 Å². The summed E-state index contributed by atoms with van der Waals surface area (Å²) in [7, 11) is 4.58. The Morgan fingerprint density at radius 3 is 2.07 bits per heavy atom. The van der Waals surface area contributed by atoms with Crippen LogP contribution in [-0.4, -0.2) is 69.1 Å². The standard InChI is InChI=1S/C33H37FN2O5/c1-23(18-24-8-6-5-7-9-24)21-36(33(38)27-19-29(39-2)31(41-4)30(20-27)40-3)22-25-14-16-35(17-15-25)32(37)26-10-12-28(34)13-11-26/h5-13,18-20,25H,14-17,21-22H2,1-4H3. The normalized spacial score (nSPS) is 14.0. The van der Waals surface area contributed by atoms with Gasteiger partial charge in [-0.2, -0.15) is 0 Å². The number of hydrogen-bond acceptors (Lipinski definition) is 5. The molecule has 3 aromatic rings. The van der Waals surface area contributed by atoms with E-state index in [-0.39, 0.29) is 23.5 Å². The van der Waals surface area contributed by atoms with Crippen LogP contribution in [0, 0.1) is 11.7 Å². The summed E-state index contributed by atoms with van der Waals surface area (Å²) < 4.78 is 29.7. The summed E-state index contributed by atoms with van der Waals surface area (Å²) >= 11 is 0. The molecule has 3 aromatic carbocycles. The lowest BCUT2D eigenvalue weighted by atomic mass is 9.95. The second-order valence-electron chi connectivity index (χ2n) is 10.2. The van der Waals surface area contributed by atoms with Crippen LogP contribution in [0.1, 0.15) is 46.0 Å². The van der Waals surface area contributed by atoms with E-state index in [4.69, 9.17) is 14.2 Å². The highest BCUT2D eigenvalue weighted by Crippen LogP contribution is 2.38. The average Bonchev–Trinajstić information content (AvgIpc) is 3.00. The lowest BCUT2D eigenvalue weighted by Gasteiger charge is -2.35. The van der Waals surface area contributed by atoms with Crippen LogP contribution >= 0.6 is 0 Å². The van der Waals surface area contributed by atoms with E-state index >= 15 is 0 Å². The highest BCUT2D eigenvalue weighted by molar-refractivity contribution is 5.96. The highest BCUT2D eigenvalue weighted by atomic mass is 19.1. The number of hydrogen-bond donors (Lipinski definition) is 0. The van der Waals surface area contributed by atoms with Crippen LogP contribution in [0.4, 0.5) is 4.39 Å². The second-order valence-corrected chi connectivity index (χ2v) is 10.2. The van der Waals surface area contributed by atoms with Crippen molar-refractivity contribution in [2.24, 2.45) is 5.92 Å². The van der Waals surface area contributed by atoms with Gasteiger partial charge in [-0.3, -0.25) is 9.59 Å². The summed E-state index contributed by atoms with van der Waals surface area (Å²) in [5.74, 6) is 0.858. The van der Waals surface area contributed by atoms with Crippen LogP contribution in [0.25, 0.3) is 6.08 Å². The average molecular weight is 561 g/mol. The summed E-state index contributed by atoms with van der Waals surface area (Å²) in [6.45, 7) is 4.15. The van der Waals surface area contributed by atoms with Crippen molar-refractivity contribution in [3.8, 4) is 17.2 Å². The van der Waals surface area contributed by atoms with Gasteiger partial charge in [0, 0.05) is 37.3 Å². The molecular weight excluding hydrogens is 523 g/mol. The van der Waals surface area contributed by atoms with Crippen molar-refractivity contribution in [3.05, 3.63) is 94.8 Å². The minimum atomic E-state index is -0.367. The van der Waals surface area contributed by atoms with Crippen molar-refractivity contribution in [1.82, 2.24) is 9.80 Å². The molecule has 1 aliphatic heterocycles. The molecule has 1 heterocycles. The number of rotatable bonds is 10. The van der Waals surface area contributed by atoms with E-state index in [2.05, 4.69) is 6.08 Å². The zero-order chi connectivity index (χ0) is 29.4. The number of halogens is 1. The summed E-state index contributed by atoms with van der Waals surface area (Å²) in [6.07, 6.45) is 3.60. The number of amides is 2. The number of piperidine rings is 1. The molecule has 216 valence electrons. The Bertz CT molecular complexity index is 1340. The number of carbonyl (C=O) groups is 2. The van der Waals surface area contributed by atoms with Crippen LogP contribution in [-0.2, 0) is 0 Å². The maximum absolute atomic E-state index is 14.0. The lowest BCUT2D eigenvalue weighted by Crippen LogP contribution is -2.43. The monoisotopic (exact) mass is 560 g/mol. The number of carbonyl (C=O) groups excluding carboxylic acids is 2. The van der Waals surface area contributed by atoms with Crippen molar-refractivity contribution < 1.29 is 28.2 Å². The molecule has 0 saturated carbocycles. The number of likely N-dealkylation sites (tertiary alicyclic amines) is 1. The van der Waals surface area contributed by atoms with Crippen molar-refractivity contribution in [2.75, 3.05) is 47.5 Å². The minimum absolute atomic E-state index is 0.101. The van der Waals surface area contributed by atoms with Gasteiger partial charge in [0.05, 0.1) is 21.3 Å². The van der Waals surface area contributed by atoms with Gasteiger partial charge in [0.2, 0.25) is 5.75 Å². The SMILES string of the molecule is COc1cc(C(=O)N(CC(C)=Cc2ccccc2)CC2CCN(C(=O)c3ccc(F)cc3)CC2)cc(OC)c1OC. The Balaban J connectivity index is 1.53. The van der Waals surface area contributed by atoms with Gasteiger partial charge in [0.15, 0.2) is 11.5 Å². The third-order valence-electron chi connectivity index (χ3n) is 7.32. The molecule has 7 nitrogen and oxygen atoms in total. The predicted molar refractivity (Wildman–Crippen MR) is 157 cm³/mol. The van der Waals surface area contributed by atoms with E-state index in [0.29, 0.717) is 54.6 Å². The topological polar surface area (TPSA) is 68.3 Å². The molecule has 41 heavy (non-hydrogen) atoms. The summed E-state index contributed by atoms with van der Waals surface area (Å²) in [6, 6.07) is 19.0. The van der Waals surface area contributed by atoms with Crippen molar-refractivity contribution >= 4 is 17.9 Å². The van der Waals surface area contributed by atoms with Crippen LogP contribution in [0.15, 0.2) is 72.3 Å². The smallest absolute Gasteiger partial charge is 0.254 e. The Hall–Kier alpha value is -4.33. The van der Waals surface area contributed by atoms with Crippen LogP contribution in [0.5, 0.6) is 17.2 Å². The molecule has 1 aliphatic rings. The largest absolute Gasteiger partial charge is 0.493 e. The fraction of sp³-hybridized carbons (Fsp3) is 0.333. The van der Waals surface area contributed by atoms with Gasteiger partial charge >= 0.3 is 0 Å². The first-order chi connectivity index (χ1) is 19.8. The molecule has 0 aromatic heterocycles. The summed E-state index contributed by atoms with van der Waals surface area (Å²) in [5.41, 5.74) is 3.03. The van der Waals surface area contributed by atoms with E-state index in [1.807, 2.05) is 42.2 Å². The molecule has 0 aliphatic carbocycles. The molecule has 1 fully saturated rings. The van der Waals surface area contributed by atoms with Crippen molar-refractivity contribution in [3.63, 3.8) is 0 Å². The van der Waals surface area contributed by atoms with Crippen LogP contribution in [0.2, 0.25) is 0 Å². The minimum Gasteiger partial charge on any atom is -0.493 e. The van der Waals surface area contributed by atoms with Gasteiger partial charge < -0.3 is 24.0 Å². The lowest BCUT2D eigenvalue weighted by molar-refractivity contribution is 0.0619. The fourth-order valence-corrected chi connectivity index (χ4v) is 5.19. The molecule has 4 rings (SSSR count). The predicted octanol–water partition coefficient (Wildman–Crippen LogP) is 5.95. The van der Waals surface area contributed by atoms with E-state index in [1.54, 1.807) is 17.0 Å². The quantitative estimate of drug-likeness (QED) is 0.307. The number of nitrogens with zero attached hydrogens (tertiary/aromatic N) is 2. The maximum atomic E-state index is 14.0. The van der Waals surface area contributed by atoms with Crippen molar-refractivity contribution in [1.29, 1.82) is 0 Å². The first-order valence-corrected chi connectivity index (χ1v) is 13.7. The van der Waals surface area contributed by atoms with E-state index in [1.165, 1.54) is 45.6 Å². The second kappa shape index (κ2) is 13.8. The van der Waals surface area contributed by atoms with Crippen LogP contribution in [0.3, 0.4) is 0 Å². The molecule has 2 amide bonds. The summed E-state index contributed by atoms with van der Waals surface area (Å²) in [5, 5.41) is 0. The number of benzene rings is 3. The highest BCUT2D eigenvalue weighted by Gasteiger charge is 2.28. The van der Waals surface area contributed by atoms with Gasteiger partial charge in [0.1, 0.15) is 5.82 Å². The zero-order valence-electron chi connectivity index (χ0n) is 24.1. The molecule has 0 radical (unpaired) electrons. The third-order valence-corrected chi connectivity index (χ3v) is 7.32. The first-order valence-electron chi connectivity index (χ1n) is 13.7. The first kappa shape index (κ1) is 29.6. The van der Waals surface area contributed by atoms with Crippen LogP contribution < -0.4 is 14.2 Å². The molecule has 8 heteroatoms. The maximum Gasteiger partial charge on any atom is 0.254 e. The van der Waals surface area contributed by atoms with Gasteiger partial charge in [-0.05, 0) is 67.6 Å². The molecule has 0 unspecified atom stereocenters. The fourth-order valence-electron chi connectivity index (χ4n) is 5.19. The number of methoxy groups -OCH3 is 3. The Morgan fingerprint density at radius 2 is 1.51 bits per heavy atom. The Kier molecular flexibility index (Phi) is 10.0. The third kappa shape index (κ3) is 7.45. The van der Waals surface area contributed by atoms with Gasteiger partial charge in [-0.1, -0.05) is 42.0 Å². The van der Waals surface area contributed by atoms with Crippen molar-refractivity contribution in [2.45, 2.75) is 19.8 Å². The van der Waals surface area contributed by atoms with E-state index in [9.17, 15) is 14.0 Å². The molecule has 0 N–H and O–H groups in total. The Labute approximate surface area is 241 Å². The molecular formula is C33H37FN2O5. The van der Waals surface area contributed by atoms with E-state index in [0.717, 1.165) is 24.0 Å². The van der Waals surface area contributed by atoms with Gasteiger partial charge in [-0.25, -0.2) is 4.39 Å². The zero-order valence-corrected chi connectivity index (χ0v) is 24.1. The molecule has 0 atom stereocenters. The molecule has 0 bridgehead atoms. The Morgan fingerprint density at radius 1 is 0.902 bits per heavy atom. The summed E-state index contributed by atoms with van der Waals surface area (Å²) in [4.78, 5) is 30.6. The molecule has 0 spiro atoms.